The highest BCUT2D eigenvalue weighted by atomic mass is 16.5. The number of nitrogens with zero attached hydrogens (tertiary/aromatic N) is 4. The van der Waals surface area contributed by atoms with Gasteiger partial charge in [-0.2, -0.15) is 5.10 Å². The van der Waals surface area contributed by atoms with Crippen molar-refractivity contribution in [3.05, 3.63) is 48.0 Å². The van der Waals surface area contributed by atoms with Crippen LogP contribution in [0.4, 0.5) is 0 Å². The number of rotatable bonds is 9. The summed E-state index contributed by atoms with van der Waals surface area (Å²) in [6, 6.07) is 8.90. The quantitative estimate of drug-likeness (QED) is 0.502. The van der Waals surface area contributed by atoms with Crippen LogP contribution in [0.2, 0.25) is 0 Å². The molecule has 0 aliphatic heterocycles. The maximum Gasteiger partial charge on any atom is 0.191 e. The largest absolute Gasteiger partial charge is 0.378 e. The van der Waals surface area contributed by atoms with Crippen LogP contribution in [-0.2, 0) is 17.8 Å². The third-order valence-corrected chi connectivity index (χ3v) is 6.27. The Balaban J connectivity index is 1.57. The summed E-state index contributed by atoms with van der Waals surface area (Å²) in [6.45, 7) is 8.82. The molecule has 29 heavy (non-hydrogen) atoms. The normalized spacial score (nSPS) is 20.9. The van der Waals surface area contributed by atoms with E-state index in [1.807, 2.05) is 11.7 Å². The lowest BCUT2D eigenvalue weighted by atomic mass is 9.58. The molecule has 7 heteroatoms. The molecular formula is C22H34N6O. The molecule has 0 radical (unpaired) electrons. The highest BCUT2D eigenvalue weighted by molar-refractivity contribution is 5.80. The Kier molecular flexibility index (Phi) is 7.25. The van der Waals surface area contributed by atoms with E-state index in [0.29, 0.717) is 12.1 Å². The molecule has 1 saturated carbocycles. The number of nitrogens with one attached hydrogen (secondary N) is 2. The highest BCUT2D eigenvalue weighted by Gasteiger charge is 2.53. The molecule has 1 aliphatic carbocycles. The molecule has 7 nitrogen and oxygen atoms in total. The lowest BCUT2D eigenvalue weighted by molar-refractivity contribution is -0.133. The van der Waals surface area contributed by atoms with Crippen molar-refractivity contribution in [3.63, 3.8) is 0 Å². The molecule has 0 spiro atoms. The fraction of sp³-hybridized carbons (Fsp3) is 0.591. The first kappa shape index (κ1) is 21.3. The third kappa shape index (κ3) is 4.78. The number of aliphatic imine (C=N–C) groups is 1. The molecule has 1 aliphatic rings. The van der Waals surface area contributed by atoms with Gasteiger partial charge in [0.2, 0.25) is 0 Å². The minimum Gasteiger partial charge on any atom is -0.378 e. The molecule has 2 atom stereocenters. The van der Waals surface area contributed by atoms with Crippen molar-refractivity contribution in [1.82, 2.24) is 25.4 Å². The molecule has 0 bridgehead atoms. The summed E-state index contributed by atoms with van der Waals surface area (Å²) < 4.78 is 7.82. The number of ether oxygens (including phenoxy) is 1. The third-order valence-electron chi connectivity index (χ3n) is 6.27. The van der Waals surface area contributed by atoms with E-state index < -0.39 is 0 Å². The molecule has 1 aromatic heterocycles. The van der Waals surface area contributed by atoms with Gasteiger partial charge in [-0.05, 0) is 37.3 Å². The van der Waals surface area contributed by atoms with Crippen LogP contribution < -0.4 is 10.6 Å². The van der Waals surface area contributed by atoms with Crippen LogP contribution in [0, 0.1) is 5.41 Å². The Labute approximate surface area is 174 Å². The van der Waals surface area contributed by atoms with Gasteiger partial charge in [0.05, 0.1) is 12.6 Å². The molecular weight excluding hydrogens is 364 g/mol. The fourth-order valence-electron chi connectivity index (χ4n) is 4.47. The first-order valence-corrected chi connectivity index (χ1v) is 10.6. The number of benzene rings is 1. The molecule has 3 rings (SSSR count). The summed E-state index contributed by atoms with van der Waals surface area (Å²) >= 11 is 0. The minimum absolute atomic E-state index is 0.186. The average molecular weight is 399 g/mol. The van der Waals surface area contributed by atoms with Gasteiger partial charge in [0.1, 0.15) is 12.7 Å². The standard InChI is InChI=1S/C22H34N6O/c1-5-22(6-2)19(12-20(22)29-7-3)27-21(23-4)25-13-17-9-8-10-18(11-17)14-28-16-24-15-26-28/h8-11,15-16,19-20H,5-7,12-14H2,1-4H3,(H2,23,25,27). The zero-order valence-electron chi connectivity index (χ0n) is 18.1. The van der Waals surface area contributed by atoms with Gasteiger partial charge in [-0.25, -0.2) is 9.67 Å². The van der Waals surface area contributed by atoms with Crippen molar-refractivity contribution >= 4 is 5.96 Å². The maximum atomic E-state index is 5.99. The van der Waals surface area contributed by atoms with E-state index in [1.165, 1.54) is 11.1 Å². The summed E-state index contributed by atoms with van der Waals surface area (Å²) in [5.41, 5.74) is 2.60. The van der Waals surface area contributed by atoms with Gasteiger partial charge in [0, 0.05) is 31.7 Å². The Bertz CT molecular complexity index is 784. The summed E-state index contributed by atoms with van der Waals surface area (Å²) in [7, 11) is 1.83. The summed E-state index contributed by atoms with van der Waals surface area (Å²) in [6.07, 6.45) is 6.87. The monoisotopic (exact) mass is 398 g/mol. The lowest BCUT2D eigenvalue weighted by Gasteiger charge is -2.55. The second-order valence-electron chi connectivity index (χ2n) is 7.66. The zero-order chi connectivity index (χ0) is 20.7. The van der Waals surface area contributed by atoms with E-state index in [0.717, 1.165) is 44.9 Å². The molecule has 2 N–H and O–H groups in total. The van der Waals surface area contributed by atoms with Gasteiger partial charge < -0.3 is 15.4 Å². The van der Waals surface area contributed by atoms with E-state index >= 15 is 0 Å². The first-order chi connectivity index (χ1) is 14.1. The van der Waals surface area contributed by atoms with Crippen molar-refractivity contribution in [2.24, 2.45) is 10.4 Å². The number of hydrogen-bond donors (Lipinski definition) is 2. The van der Waals surface area contributed by atoms with Gasteiger partial charge in [-0.3, -0.25) is 4.99 Å². The lowest BCUT2D eigenvalue weighted by Crippen LogP contribution is -2.65. The van der Waals surface area contributed by atoms with E-state index in [4.69, 9.17) is 4.74 Å². The van der Waals surface area contributed by atoms with Crippen LogP contribution >= 0.6 is 0 Å². The SMILES string of the molecule is CCOC1CC(NC(=NC)NCc2cccc(Cn3cncn3)c2)C1(CC)CC. The van der Waals surface area contributed by atoms with Crippen LogP contribution in [0.3, 0.4) is 0 Å². The molecule has 2 unspecified atom stereocenters. The molecule has 0 amide bonds. The van der Waals surface area contributed by atoms with Crippen molar-refractivity contribution in [2.75, 3.05) is 13.7 Å². The molecule has 1 heterocycles. The van der Waals surface area contributed by atoms with Crippen LogP contribution in [-0.4, -0.2) is 46.5 Å². The predicted molar refractivity (Wildman–Crippen MR) is 116 cm³/mol. The summed E-state index contributed by atoms with van der Waals surface area (Å²) in [5.74, 6) is 0.845. The van der Waals surface area contributed by atoms with Crippen molar-refractivity contribution in [1.29, 1.82) is 0 Å². The Morgan fingerprint density at radius 2 is 2.07 bits per heavy atom. The topological polar surface area (TPSA) is 76.4 Å². The van der Waals surface area contributed by atoms with E-state index in [1.54, 1.807) is 12.7 Å². The van der Waals surface area contributed by atoms with Crippen molar-refractivity contribution in [3.8, 4) is 0 Å². The van der Waals surface area contributed by atoms with Crippen LogP contribution in [0.5, 0.6) is 0 Å². The van der Waals surface area contributed by atoms with Gasteiger partial charge in [-0.15, -0.1) is 0 Å². The van der Waals surface area contributed by atoms with Gasteiger partial charge >= 0.3 is 0 Å². The maximum absolute atomic E-state index is 5.99. The van der Waals surface area contributed by atoms with Crippen LogP contribution in [0.25, 0.3) is 0 Å². The molecule has 1 fully saturated rings. The van der Waals surface area contributed by atoms with E-state index in [2.05, 4.69) is 70.7 Å². The summed E-state index contributed by atoms with van der Waals surface area (Å²) in [5, 5.41) is 11.3. The number of hydrogen-bond acceptors (Lipinski definition) is 4. The Morgan fingerprint density at radius 1 is 1.28 bits per heavy atom. The molecule has 0 saturated heterocycles. The van der Waals surface area contributed by atoms with E-state index in [-0.39, 0.29) is 5.41 Å². The number of guanidine groups is 1. The van der Waals surface area contributed by atoms with Crippen LogP contribution in [0.1, 0.15) is 51.2 Å². The van der Waals surface area contributed by atoms with Crippen LogP contribution in [0.15, 0.2) is 41.9 Å². The van der Waals surface area contributed by atoms with Gasteiger partial charge in [-0.1, -0.05) is 38.1 Å². The Morgan fingerprint density at radius 3 is 2.72 bits per heavy atom. The molecule has 158 valence electrons. The average Bonchev–Trinajstić information content (AvgIpc) is 3.24. The second-order valence-corrected chi connectivity index (χ2v) is 7.66. The number of aromatic nitrogens is 3. The summed E-state index contributed by atoms with van der Waals surface area (Å²) in [4.78, 5) is 8.45. The first-order valence-electron chi connectivity index (χ1n) is 10.6. The van der Waals surface area contributed by atoms with Gasteiger partial charge in [0.15, 0.2) is 5.96 Å². The highest BCUT2D eigenvalue weighted by Crippen LogP contribution is 2.48. The van der Waals surface area contributed by atoms with Crippen molar-refractivity contribution < 1.29 is 4.74 Å². The van der Waals surface area contributed by atoms with Gasteiger partial charge in [0.25, 0.3) is 0 Å². The second kappa shape index (κ2) is 9.87. The van der Waals surface area contributed by atoms with Crippen molar-refractivity contribution in [2.45, 2.75) is 65.3 Å². The smallest absolute Gasteiger partial charge is 0.191 e. The van der Waals surface area contributed by atoms with E-state index in [9.17, 15) is 0 Å². The fourth-order valence-corrected chi connectivity index (χ4v) is 4.47. The molecule has 1 aromatic carbocycles. The predicted octanol–water partition coefficient (Wildman–Crippen LogP) is 2.98. The Hall–Kier alpha value is -2.41. The molecule has 2 aromatic rings. The minimum atomic E-state index is 0.186. The zero-order valence-corrected chi connectivity index (χ0v) is 18.1.